The third-order valence-corrected chi connectivity index (χ3v) is 3.75. The van der Waals surface area contributed by atoms with Crippen LogP contribution in [0.3, 0.4) is 0 Å². The number of hydrogen-bond acceptors (Lipinski definition) is 5. The fourth-order valence-corrected chi connectivity index (χ4v) is 2.52. The minimum absolute atomic E-state index is 0.0150. The van der Waals surface area contributed by atoms with Crippen molar-refractivity contribution in [2.75, 3.05) is 6.54 Å². The highest BCUT2D eigenvalue weighted by Gasteiger charge is 2.23. The van der Waals surface area contributed by atoms with Crippen molar-refractivity contribution >= 4 is 11.9 Å². The van der Waals surface area contributed by atoms with E-state index in [2.05, 4.69) is 17.2 Å². The molecule has 0 aromatic carbocycles. The topological polar surface area (TPSA) is 114 Å². The molecule has 0 radical (unpaired) electrons. The number of piperidine rings is 1. The molecule has 0 aliphatic carbocycles. The first-order valence-corrected chi connectivity index (χ1v) is 7.14. The van der Waals surface area contributed by atoms with Gasteiger partial charge in [0.2, 0.25) is 5.91 Å². The van der Waals surface area contributed by atoms with Gasteiger partial charge in [-0.3, -0.25) is 9.59 Å². The summed E-state index contributed by atoms with van der Waals surface area (Å²) in [6.45, 7) is 2.96. The molecule has 3 N–H and O–H groups in total. The summed E-state index contributed by atoms with van der Waals surface area (Å²) in [6, 6.07) is -0.748. The average molecular weight is 295 g/mol. The largest absolute Gasteiger partial charge is 0.480 e. The zero-order valence-electron chi connectivity index (χ0n) is 12.1. The highest BCUT2D eigenvalue weighted by molar-refractivity contribution is 5.76. The van der Waals surface area contributed by atoms with Gasteiger partial charge in [0, 0.05) is 25.2 Å². The number of carbonyl (C=O) groups excluding carboxylic acids is 1. The van der Waals surface area contributed by atoms with Gasteiger partial charge in [0.15, 0.2) is 0 Å². The normalized spacial score (nSPS) is 20.3. The lowest BCUT2D eigenvalue weighted by Crippen LogP contribution is -2.43. The minimum Gasteiger partial charge on any atom is -0.480 e. The van der Waals surface area contributed by atoms with Crippen molar-refractivity contribution in [3.63, 3.8) is 0 Å². The second-order valence-corrected chi connectivity index (χ2v) is 5.49. The maximum Gasteiger partial charge on any atom is 0.320 e. The fourth-order valence-electron chi connectivity index (χ4n) is 2.52. The SMILES string of the molecule is CC1CCCCN1C(=O)Cn1cc(CC(N)C(=O)O)nn1. The molecule has 1 amide bonds. The Bertz CT molecular complexity index is 516. The number of carboxylic acid groups (broad SMARTS) is 1. The smallest absolute Gasteiger partial charge is 0.320 e. The van der Waals surface area contributed by atoms with Gasteiger partial charge in [0.1, 0.15) is 12.6 Å². The number of likely N-dealkylation sites (tertiary alicyclic amines) is 1. The first-order chi connectivity index (χ1) is 9.97. The molecular formula is C13H21N5O3. The lowest BCUT2D eigenvalue weighted by molar-refractivity contribution is -0.138. The van der Waals surface area contributed by atoms with Crippen molar-refractivity contribution in [2.24, 2.45) is 5.73 Å². The van der Waals surface area contributed by atoms with Gasteiger partial charge in [-0.05, 0) is 26.2 Å². The fraction of sp³-hybridized carbons (Fsp3) is 0.692. The summed E-state index contributed by atoms with van der Waals surface area (Å²) in [6.07, 6.45) is 4.90. The molecule has 8 nitrogen and oxygen atoms in total. The number of carboxylic acids is 1. The average Bonchev–Trinajstić information content (AvgIpc) is 2.86. The van der Waals surface area contributed by atoms with E-state index in [0.29, 0.717) is 5.69 Å². The summed E-state index contributed by atoms with van der Waals surface area (Å²) >= 11 is 0. The Labute approximate surface area is 122 Å². The minimum atomic E-state index is -1.08. The summed E-state index contributed by atoms with van der Waals surface area (Å²) in [7, 11) is 0. The number of amides is 1. The van der Waals surface area contributed by atoms with Crippen molar-refractivity contribution in [3.8, 4) is 0 Å². The number of aliphatic carboxylic acids is 1. The molecule has 1 aromatic rings. The molecule has 0 spiro atoms. The second-order valence-electron chi connectivity index (χ2n) is 5.49. The summed E-state index contributed by atoms with van der Waals surface area (Å²) in [5.74, 6) is -1.07. The van der Waals surface area contributed by atoms with Crippen molar-refractivity contribution in [3.05, 3.63) is 11.9 Å². The van der Waals surface area contributed by atoms with Crippen LogP contribution in [-0.4, -0.2) is 55.5 Å². The Hall–Kier alpha value is -1.96. The molecule has 1 aliphatic rings. The third-order valence-electron chi connectivity index (χ3n) is 3.75. The van der Waals surface area contributed by atoms with E-state index in [4.69, 9.17) is 10.8 Å². The molecule has 1 aliphatic heterocycles. The summed E-state index contributed by atoms with van der Waals surface area (Å²) in [5, 5.41) is 16.5. The van der Waals surface area contributed by atoms with Gasteiger partial charge >= 0.3 is 5.97 Å². The summed E-state index contributed by atoms with van der Waals surface area (Å²) in [4.78, 5) is 24.8. The number of hydrogen-bond donors (Lipinski definition) is 2. The van der Waals surface area contributed by atoms with Crippen molar-refractivity contribution in [1.82, 2.24) is 19.9 Å². The molecule has 2 atom stereocenters. The van der Waals surface area contributed by atoms with Gasteiger partial charge in [-0.2, -0.15) is 0 Å². The Kier molecular flexibility index (Phi) is 4.89. The first-order valence-electron chi connectivity index (χ1n) is 7.14. The van der Waals surface area contributed by atoms with Crippen LogP contribution < -0.4 is 5.73 Å². The van der Waals surface area contributed by atoms with E-state index in [1.54, 1.807) is 6.20 Å². The number of carbonyl (C=O) groups is 2. The van der Waals surface area contributed by atoms with Gasteiger partial charge in [-0.25, -0.2) is 4.68 Å². The number of nitrogens with zero attached hydrogens (tertiary/aromatic N) is 4. The van der Waals surface area contributed by atoms with Crippen LogP contribution in [0.2, 0.25) is 0 Å². The molecular weight excluding hydrogens is 274 g/mol. The molecule has 8 heteroatoms. The van der Waals surface area contributed by atoms with Crippen molar-refractivity contribution in [2.45, 2.75) is 51.2 Å². The Morgan fingerprint density at radius 2 is 2.29 bits per heavy atom. The molecule has 0 saturated carbocycles. The van der Waals surface area contributed by atoms with Crippen LogP contribution in [0.25, 0.3) is 0 Å². The highest BCUT2D eigenvalue weighted by Crippen LogP contribution is 2.16. The molecule has 1 saturated heterocycles. The molecule has 2 heterocycles. The van der Waals surface area contributed by atoms with Crippen LogP contribution in [0.1, 0.15) is 31.9 Å². The molecule has 1 aromatic heterocycles. The summed E-state index contributed by atoms with van der Waals surface area (Å²) in [5.41, 5.74) is 5.92. The van der Waals surface area contributed by atoms with E-state index in [-0.39, 0.29) is 24.9 Å². The van der Waals surface area contributed by atoms with Gasteiger partial charge in [-0.15, -0.1) is 5.10 Å². The van der Waals surface area contributed by atoms with E-state index >= 15 is 0 Å². The van der Waals surface area contributed by atoms with Crippen LogP contribution in [-0.2, 0) is 22.6 Å². The Balaban J connectivity index is 1.92. The molecule has 2 unspecified atom stereocenters. The Morgan fingerprint density at radius 1 is 1.52 bits per heavy atom. The van der Waals surface area contributed by atoms with Gasteiger partial charge in [0.05, 0.1) is 5.69 Å². The lowest BCUT2D eigenvalue weighted by atomic mass is 10.0. The van der Waals surface area contributed by atoms with Gasteiger partial charge in [-0.1, -0.05) is 5.21 Å². The predicted molar refractivity (Wildman–Crippen MR) is 74.4 cm³/mol. The number of rotatable bonds is 5. The molecule has 0 bridgehead atoms. The number of aromatic nitrogens is 3. The lowest BCUT2D eigenvalue weighted by Gasteiger charge is -2.33. The monoisotopic (exact) mass is 295 g/mol. The van der Waals surface area contributed by atoms with E-state index in [1.807, 2.05) is 4.90 Å². The van der Waals surface area contributed by atoms with Gasteiger partial charge in [0.25, 0.3) is 0 Å². The van der Waals surface area contributed by atoms with Crippen LogP contribution >= 0.6 is 0 Å². The van der Waals surface area contributed by atoms with Gasteiger partial charge < -0.3 is 15.7 Å². The Morgan fingerprint density at radius 3 is 2.95 bits per heavy atom. The highest BCUT2D eigenvalue weighted by atomic mass is 16.4. The zero-order valence-corrected chi connectivity index (χ0v) is 12.1. The molecule has 1 fully saturated rings. The van der Waals surface area contributed by atoms with Crippen molar-refractivity contribution < 1.29 is 14.7 Å². The quantitative estimate of drug-likeness (QED) is 0.766. The van der Waals surface area contributed by atoms with Crippen molar-refractivity contribution in [1.29, 1.82) is 0 Å². The second kappa shape index (κ2) is 6.66. The number of nitrogens with two attached hydrogens (primary N) is 1. The molecule has 2 rings (SSSR count). The van der Waals surface area contributed by atoms with Crippen LogP contribution in [0.15, 0.2) is 6.20 Å². The third kappa shape index (κ3) is 4.01. The van der Waals surface area contributed by atoms with Crippen LogP contribution in [0.5, 0.6) is 0 Å². The molecule has 116 valence electrons. The van der Waals surface area contributed by atoms with Crippen LogP contribution in [0.4, 0.5) is 0 Å². The van der Waals surface area contributed by atoms with E-state index in [1.165, 1.54) is 4.68 Å². The molecule has 21 heavy (non-hydrogen) atoms. The van der Waals surface area contributed by atoms with E-state index in [9.17, 15) is 9.59 Å². The summed E-state index contributed by atoms with van der Waals surface area (Å²) < 4.78 is 1.44. The maximum atomic E-state index is 12.2. The van der Waals surface area contributed by atoms with Crippen LogP contribution in [0, 0.1) is 0 Å². The predicted octanol–water partition coefficient (Wildman–Crippen LogP) is -0.366. The van der Waals surface area contributed by atoms with E-state index < -0.39 is 12.0 Å². The maximum absolute atomic E-state index is 12.2. The van der Waals surface area contributed by atoms with E-state index in [0.717, 1.165) is 25.8 Å². The standard InChI is InChI=1S/C13H21N5O3/c1-9-4-2-3-5-18(9)12(19)8-17-7-10(15-16-17)6-11(14)13(20)21/h7,9,11H,2-6,8,14H2,1H3,(H,20,21). The zero-order chi connectivity index (χ0) is 15.4. The first kappa shape index (κ1) is 15.4.